The number of hydrogen-bond donors (Lipinski definition) is 0. The number of carbonyl (C=O) groups excluding carboxylic acids is 1. The second-order valence-corrected chi connectivity index (χ2v) is 2.61. The second-order valence-electron chi connectivity index (χ2n) is 2.09. The topological polar surface area (TPSA) is 26.3 Å². The van der Waals surface area contributed by atoms with E-state index >= 15 is 0 Å². The summed E-state index contributed by atoms with van der Waals surface area (Å²) in [5.74, 6) is -0.337. The van der Waals surface area contributed by atoms with Crippen LogP contribution in [-0.2, 0) is 9.53 Å². The van der Waals surface area contributed by atoms with Gasteiger partial charge in [0.25, 0.3) is 0 Å². The smallest absolute Gasteiger partial charge is 0.324 e. The standard InChI is InChI=1S/C8H13ClO2/c1-3-5-6-7(9)8(10)11-4-2/h3,7H,1,4-6H2,2H3. The number of hydrogen-bond acceptors (Lipinski definition) is 2. The molecular weight excluding hydrogens is 164 g/mol. The van der Waals surface area contributed by atoms with E-state index in [4.69, 9.17) is 16.3 Å². The lowest BCUT2D eigenvalue weighted by molar-refractivity contribution is -0.142. The molecule has 0 heterocycles. The first-order valence-corrected chi connectivity index (χ1v) is 4.07. The fourth-order valence-electron chi connectivity index (χ4n) is 0.615. The van der Waals surface area contributed by atoms with Crippen LogP contribution >= 0.6 is 11.6 Å². The van der Waals surface area contributed by atoms with E-state index in [1.165, 1.54) is 0 Å². The van der Waals surface area contributed by atoms with E-state index in [-0.39, 0.29) is 5.97 Å². The lowest BCUT2D eigenvalue weighted by atomic mass is 10.2. The van der Waals surface area contributed by atoms with Crippen molar-refractivity contribution in [3.05, 3.63) is 12.7 Å². The Morgan fingerprint density at radius 2 is 2.45 bits per heavy atom. The van der Waals surface area contributed by atoms with E-state index in [1.807, 2.05) is 0 Å². The van der Waals surface area contributed by atoms with Crippen molar-refractivity contribution in [3.63, 3.8) is 0 Å². The van der Waals surface area contributed by atoms with Crippen LogP contribution in [0.15, 0.2) is 12.7 Å². The van der Waals surface area contributed by atoms with E-state index in [9.17, 15) is 4.79 Å². The Balaban J connectivity index is 3.54. The van der Waals surface area contributed by atoms with Crippen LogP contribution < -0.4 is 0 Å². The molecule has 0 aliphatic heterocycles. The normalized spacial score (nSPS) is 12.2. The molecule has 0 aromatic rings. The predicted molar refractivity (Wildman–Crippen MR) is 45.7 cm³/mol. The Bertz CT molecular complexity index is 134. The molecule has 0 aromatic carbocycles. The Hall–Kier alpha value is -0.500. The van der Waals surface area contributed by atoms with Crippen LogP contribution in [0.3, 0.4) is 0 Å². The summed E-state index contributed by atoms with van der Waals surface area (Å²) in [5.41, 5.74) is 0. The molecule has 0 rings (SSSR count). The minimum atomic E-state index is -0.520. The molecule has 11 heavy (non-hydrogen) atoms. The highest BCUT2D eigenvalue weighted by molar-refractivity contribution is 6.29. The molecule has 0 fully saturated rings. The van der Waals surface area contributed by atoms with Gasteiger partial charge in [-0.15, -0.1) is 18.2 Å². The first kappa shape index (κ1) is 10.5. The second kappa shape index (κ2) is 6.23. The van der Waals surface area contributed by atoms with Crippen LogP contribution in [0.25, 0.3) is 0 Å². The van der Waals surface area contributed by atoms with Crippen LogP contribution in [0.1, 0.15) is 19.8 Å². The SMILES string of the molecule is C=CCCC(Cl)C(=O)OCC. The maximum Gasteiger partial charge on any atom is 0.324 e. The molecule has 0 bridgehead atoms. The number of carbonyl (C=O) groups is 1. The molecule has 0 radical (unpaired) electrons. The monoisotopic (exact) mass is 176 g/mol. The van der Waals surface area contributed by atoms with Crippen molar-refractivity contribution in [3.8, 4) is 0 Å². The average Bonchev–Trinajstić information content (AvgIpc) is 2.00. The third-order valence-corrected chi connectivity index (χ3v) is 1.56. The summed E-state index contributed by atoms with van der Waals surface area (Å²) in [6, 6.07) is 0. The average molecular weight is 177 g/mol. The Kier molecular flexibility index (Phi) is 5.94. The summed E-state index contributed by atoms with van der Waals surface area (Å²) in [7, 11) is 0. The molecule has 0 aliphatic rings. The van der Waals surface area contributed by atoms with Gasteiger partial charge >= 0.3 is 5.97 Å². The molecule has 0 N–H and O–H groups in total. The van der Waals surface area contributed by atoms with Gasteiger partial charge in [0.15, 0.2) is 0 Å². The zero-order valence-corrected chi connectivity index (χ0v) is 7.43. The number of alkyl halides is 1. The number of esters is 1. The largest absolute Gasteiger partial charge is 0.465 e. The fourth-order valence-corrected chi connectivity index (χ4v) is 0.804. The van der Waals surface area contributed by atoms with Gasteiger partial charge in [0.05, 0.1) is 6.61 Å². The lowest BCUT2D eigenvalue weighted by Gasteiger charge is -2.05. The zero-order valence-electron chi connectivity index (χ0n) is 6.68. The molecule has 64 valence electrons. The van der Waals surface area contributed by atoms with E-state index in [0.29, 0.717) is 13.0 Å². The number of halogens is 1. The summed E-state index contributed by atoms with van der Waals surface area (Å²) in [6.07, 6.45) is 3.07. The fraction of sp³-hybridized carbons (Fsp3) is 0.625. The van der Waals surface area contributed by atoms with Crippen LogP contribution in [0.4, 0.5) is 0 Å². The van der Waals surface area contributed by atoms with E-state index in [0.717, 1.165) is 6.42 Å². The molecule has 0 saturated carbocycles. The van der Waals surface area contributed by atoms with Crippen molar-refractivity contribution in [1.82, 2.24) is 0 Å². The van der Waals surface area contributed by atoms with Gasteiger partial charge < -0.3 is 4.74 Å². The third kappa shape index (κ3) is 4.85. The highest BCUT2D eigenvalue weighted by atomic mass is 35.5. The van der Waals surface area contributed by atoms with Crippen molar-refractivity contribution >= 4 is 17.6 Å². The predicted octanol–water partition coefficient (Wildman–Crippen LogP) is 2.12. The molecule has 0 aliphatic carbocycles. The van der Waals surface area contributed by atoms with E-state index in [1.54, 1.807) is 13.0 Å². The van der Waals surface area contributed by atoms with Gasteiger partial charge in [0, 0.05) is 0 Å². The van der Waals surface area contributed by atoms with Crippen molar-refractivity contribution in [1.29, 1.82) is 0 Å². The van der Waals surface area contributed by atoms with Gasteiger partial charge in [0.2, 0.25) is 0 Å². The van der Waals surface area contributed by atoms with Crippen molar-refractivity contribution in [2.45, 2.75) is 25.1 Å². The van der Waals surface area contributed by atoms with Crippen molar-refractivity contribution < 1.29 is 9.53 Å². The highest BCUT2D eigenvalue weighted by Crippen LogP contribution is 2.07. The van der Waals surface area contributed by atoms with Gasteiger partial charge in [-0.05, 0) is 19.8 Å². The summed E-state index contributed by atoms with van der Waals surface area (Å²) in [6.45, 7) is 5.67. The number of ether oxygens (including phenoxy) is 1. The quantitative estimate of drug-likeness (QED) is 0.365. The molecule has 0 spiro atoms. The molecule has 0 saturated heterocycles. The Labute approximate surface area is 72.2 Å². The van der Waals surface area contributed by atoms with Crippen molar-refractivity contribution in [2.24, 2.45) is 0 Å². The molecule has 3 heteroatoms. The molecule has 1 unspecified atom stereocenters. The summed E-state index contributed by atoms with van der Waals surface area (Å²) >= 11 is 5.67. The Morgan fingerprint density at radius 3 is 2.91 bits per heavy atom. The summed E-state index contributed by atoms with van der Waals surface area (Å²) in [4.78, 5) is 10.9. The summed E-state index contributed by atoms with van der Waals surface area (Å²) < 4.78 is 4.70. The molecular formula is C8H13ClO2. The van der Waals surface area contributed by atoms with Crippen LogP contribution in [0.2, 0.25) is 0 Å². The number of allylic oxidation sites excluding steroid dienone is 1. The maximum absolute atomic E-state index is 10.9. The third-order valence-electron chi connectivity index (χ3n) is 1.17. The van der Waals surface area contributed by atoms with Gasteiger partial charge in [-0.25, -0.2) is 0 Å². The molecule has 0 aromatic heterocycles. The highest BCUT2D eigenvalue weighted by Gasteiger charge is 2.14. The minimum absolute atomic E-state index is 0.337. The minimum Gasteiger partial charge on any atom is -0.465 e. The van der Waals surface area contributed by atoms with Crippen molar-refractivity contribution in [2.75, 3.05) is 6.61 Å². The Morgan fingerprint density at radius 1 is 1.82 bits per heavy atom. The van der Waals surface area contributed by atoms with Crippen LogP contribution in [-0.4, -0.2) is 18.0 Å². The maximum atomic E-state index is 10.9. The van der Waals surface area contributed by atoms with Gasteiger partial charge in [-0.2, -0.15) is 0 Å². The first-order chi connectivity index (χ1) is 5.22. The van der Waals surface area contributed by atoms with E-state index in [2.05, 4.69) is 6.58 Å². The van der Waals surface area contributed by atoms with E-state index < -0.39 is 5.38 Å². The molecule has 0 amide bonds. The van der Waals surface area contributed by atoms with Crippen LogP contribution in [0.5, 0.6) is 0 Å². The molecule has 1 atom stereocenters. The summed E-state index contributed by atoms with van der Waals surface area (Å²) in [5, 5.41) is -0.520. The zero-order chi connectivity index (χ0) is 8.69. The molecule has 2 nitrogen and oxygen atoms in total. The van der Waals surface area contributed by atoms with Crippen LogP contribution in [0, 0.1) is 0 Å². The van der Waals surface area contributed by atoms with Gasteiger partial charge in [0.1, 0.15) is 5.38 Å². The first-order valence-electron chi connectivity index (χ1n) is 3.64. The lowest BCUT2D eigenvalue weighted by Crippen LogP contribution is -2.17. The van der Waals surface area contributed by atoms with Gasteiger partial charge in [-0.3, -0.25) is 4.79 Å². The number of rotatable bonds is 5. The van der Waals surface area contributed by atoms with Gasteiger partial charge in [-0.1, -0.05) is 6.08 Å².